The standard InChI is InChI=1S/C19H20Cl2N6O3/c1-11(9-25-13(3)7-18(24-25)27(29)30)19(28)22-17-6-12(2)26(23-17)10-14-4-5-15(20)16(21)8-14/h4-8,11H,9-10H2,1-3H3,(H,22,23,28). The van der Waals surface area contributed by atoms with Crippen molar-refractivity contribution in [2.24, 2.45) is 5.92 Å². The van der Waals surface area contributed by atoms with E-state index < -0.39 is 10.8 Å². The van der Waals surface area contributed by atoms with Crippen LogP contribution in [0.5, 0.6) is 0 Å². The molecule has 0 aliphatic rings. The number of anilines is 1. The van der Waals surface area contributed by atoms with Gasteiger partial charge in [0.25, 0.3) is 0 Å². The lowest BCUT2D eigenvalue weighted by Crippen LogP contribution is -2.25. The fraction of sp³-hybridized carbons (Fsp3) is 0.316. The highest BCUT2D eigenvalue weighted by Gasteiger charge is 2.21. The Balaban J connectivity index is 1.66. The summed E-state index contributed by atoms with van der Waals surface area (Å²) in [5, 5.41) is 22.9. The maximum absolute atomic E-state index is 12.6. The van der Waals surface area contributed by atoms with Crippen LogP contribution in [0.2, 0.25) is 10.0 Å². The second kappa shape index (κ2) is 8.85. The first-order valence-electron chi connectivity index (χ1n) is 9.12. The van der Waals surface area contributed by atoms with Gasteiger partial charge in [-0.2, -0.15) is 9.78 Å². The SMILES string of the molecule is Cc1cc(NC(=O)C(C)Cn2nc([N+](=O)[O-])cc2C)nn1Cc1ccc(Cl)c(Cl)c1. The molecule has 0 saturated carbocycles. The van der Waals surface area contributed by atoms with Crippen molar-refractivity contribution in [3.8, 4) is 0 Å². The Bertz CT molecular complexity index is 1110. The largest absolute Gasteiger partial charge is 0.390 e. The molecule has 3 rings (SSSR count). The van der Waals surface area contributed by atoms with Gasteiger partial charge in [-0.25, -0.2) is 0 Å². The lowest BCUT2D eigenvalue weighted by Gasteiger charge is -2.10. The van der Waals surface area contributed by atoms with Gasteiger partial charge in [0.15, 0.2) is 5.82 Å². The molecule has 0 saturated heterocycles. The summed E-state index contributed by atoms with van der Waals surface area (Å²) in [5.41, 5.74) is 2.41. The van der Waals surface area contributed by atoms with Crippen molar-refractivity contribution in [2.45, 2.75) is 33.9 Å². The van der Waals surface area contributed by atoms with E-state index in [4.69, 9.17) is 23.2 Å². The number of carbonyl (C=O) groups is 1. The quantitative estimate of drug-likeness (QED) is 0.427. The summed E-state index contributed by atoms with van der Waals surface area (Å²) in [7, 11) is 0. The third kappa shape index (κ3) is 4.98. The highest BCUT2D eigenvalue weighted by molar-refractivity contribution is 6.42. The van der Waals surface area contributed by atoms with Crippen LogP contribution in [0.4, 0.5) is 11.6 Å². The summed E-state index contributed by atoms with van der Waals surface area (Å²) in [4.78, 5) is 22.9. The van der Waals surface area contributed by atoms with Gasteiger partial charge in [0.1, 0.15) is 0 Å². The number of halogens is 2. The van der Waals surface area contributed by atoms with Gasteiger partial charge >= 0.3 is 5.82 Å². The number of nitro groups is 1. The van der Waals surface area contributed by atoms with Crippen LogP contribution in [0.1, 0.15) is 23.9 Å². The van der Waals surface area contributed by atoms with Crippen LogP contribution in [-0.4, -0.2) is 30.4 Å². The van der Waals surface area contributed by atoms with Gasteiger partial charge in [0.05, 0.1) is 45.9 Å². The average molecular weight is 451 g/mol. The number of hydrogen-bond donors (Lipinski definition) is 1. The Morgan fingerprint density at radius 1 is 1.13 bits per heavy atom. The maximum Gasteiger partial charge on any atom is 0.390 e. The number of rotatable bonds is 7. The second-order valence-electron chi connectivity index (χ2n) is 7.05. The number of aromatic nitrogens is 4. The van der Waals surface area contributed by atoms with E-state index in [1.54, 1.807) is 36.7 Å². The van der Waals surface area contributed by atoms with E-state index in [0.29, 0.717) is 28.1 Å². The summed E-state index contributed by atoms with van der Waals surface area (Å²) in [6, 6.07) is 8.51. The molecule has 2 aromatic heterocycles. The van der Waals surface area contributed by atoms with Gasteiger partial charge in [-0.1, -0.05) is 36.2 Å². The van der Waals surface area contributed by atoms with Crippen molar-refractivity contribution >= 4 is 40.7 Å². The molecule has 30 heavy (non-hydrogen) atoms. The first-order chi connectivity index (χ1) is 14.1. The minimum absolute atomic E-state index is 0.217. The van der Waals surface area contributed by atoms with Gasteiger partial charge in [0.2, 0.25) is 5.91 Å². The molecule has 9 nitrogen and oxygen atoms in total. The molecule has 1 atom stereocenters. The predicted molar refractivity (Wildman–Crippen MR) is 114 cm³/mol. The van der Waals surface area contributed by atoms with E-state index in [1.807, 2.05) is 13.0 Å². The number of aryl methyl sites for hydroxylation is 2. The highest BCUT2D eigenvalue weighted by atomic mass is 35.5. The van der Waals surface area contributed by atoms with Gasteiger partial charge in [-0.15, -0.1) is 0 Å². The molecule has 1 N–H and O–H groups in total. The molecule has 0 aliphatic carbocycles. The Hall–Kier alpha value is -2.91. The molecule has 0 radical (unpaired) electrons. The zero-order chi connectivity index (χ0) is 22.0. The van der Waals surface area contributed by atoms with Crippen molar-refractivity contribution in [2.75, 3.05) is 5.32 Å². The van der Waals surface area contributed by atoms with Crippen molar-refractivity contribution in [3.05, 3.63) is 67.4 Å². The van der Waals surface area contributed by atoms with Crippen LogP contribution < -0.4 is 5.32 Å². The maximum atomic E-state index is 12.6. The van der Waals surface area contributed by atoms with Crippen LogP contribution >= 0.6 is 23.2 Å². The number of nitrogens with one attached hydrogen (secondary N) is 1. The molecule has 1 aromatic carbocycles. The van der Waals surface area contributed by atoms with Crippen molar-refractivity contribution in [1.29, 1.82) is 0 Å². The molecule has 11 heteroatoms. The molecule has 0 fully saturated rings. The molecule has 0 spiro atoms. The number of hydrogen-bond acceptors (Lipinski definition) is 5. The van der Waals surface area contributed by atoms with E-state index in [9.17, 15) is 14.9 Å². The number of carbonyl (C=O) groups excluding carboxylic acids is 1. The molecule has 1 amide bonds. The topological polar surface area (TPSA) is 108 Å². The first kappa shape index (κ1) is 21.8. The zero-order valence-corrected chi connectivity index (χ0v) is 18.1. The third-order valence-corrected chi connectivity index (χ3v) is 5.34. The van der Waals surface area contributed by atoms with Crippen molar-refractivity contribution in [1.82, 2.24) is 19.6 Å². The van der Waals surface area contributed by atoms with Crippen LogP contribution in [0.15, 0.2) is 30.3 Å². The van der Waals surface area contributed by atoms with Gasteiger partial charge in [-0.05, 0) is 36.5 Å². The second-order valence-corrected chi connectivity index (χ2v) is 7.86. The van der Waals surface area contributed by atoms with Crippen LogP contribution in [0.3, 0.4) is 0 Å². The predicted octanol–water partition coefficient (Wildman–Crippen LogP) is 4.23. The number of amides is 1. The summed E-state index contributed by atoms with van der Waals surface area (Å²) >= 11 is 12.0. The first-order valence-corrected chi connectivity index (χ1v) is 9.87. The molecule has 0 bridgehead atoms. The van der Waals surface area contributed by atoms with E-state index in [1.165, 1.54) is 10.7 Å². The van der Waals surface area contributed by atoms with Gasteiger partial charge in [-0.3, -0.25) is 9.48 Å². The molecule has 158 valence electrons. The smallest absolute Gasteiger partial charge is 0.358 e. The summed E-state index contributed by atoms with van der Waals surface area (Å²) in [5.74, 6) is -0.542. The fourth-order valence-corrected chi connectivity index (χ4v) is 3.22. The van der Waals surface area contributed by atoms with Crippen LogP contribution in [-0.2, 0) is 17.9 Å². The molecule has 1 unspecified atom stereocenters. The molecule has 3 aromatic rings. The lowest BCUT2D eigenvalue weighted by atomic mass is 10.1. The minimum Gasteiger partial charge on any atom is -0.358 e. The Labute approximate surface area is 182 Å². The Morgan fingerprint density at radius 3 is 2.47 bits per heavy atom. The Kier molecular flexibility index (Phi) is 6.42. The summed E-state index contributed by atoms with van der Waals surface area (Å²) < 4.78 is 3.21. The fourth-order valence-electron chi connectivity index (χ4n) is 2.90. The molecular weight excluding hydrogens is 431 g/mol. The minimum atomic E-state index is -0.558. The number of benzene rings is 1. The Morgan fingerprint density at radius 2 is 1.83 bits per heavy atom. The average Bonchev–Trinajstić information content (AvgIpc) is 3.20. The third-order valence-electron chi connectivity index (χ3n) is 4.60. The van der Waals surface area contributed by atoms with E-state index >= 15 is 0 Å². The van der Waals surface area contributed by atoms with E-state index in [0.717, 1.165) is 11.3 Å². The summed E-state index contributed by atoms with van der Waals surface area (Å²) in [6.45, 7) is 6.01. The lowest BCUT2D eigenvalue weighted by molar-refractivity contribution is -0.389. The summed E-state index contributed by atoms with van der Waals surface area (Å²) in [6.07, 6.45) is 0. The van der Waals surface area contributed by atoms with Crippen LogP contribution in [0, 0.1) is 29.9 Å². The van der Waals surface area contributed by atoms with E-state index in [2.05, 4.69) is 15.5 Å². The van der Waals surface area contributed by atoms with Crippen molar-refractivity contribution < 1.29 is 9.72 Å². The molecule has 2 heterocycles. The highest BCUT2D eigenvalue weighted by Crippen LogP contribution is 2.23. The monoisotopic (exact) mass is 450 g/mol. The van der Waals surface area contributed by atoms with Gasteiger partial charge < -0.3 is 15.4 Å². The zero-order valence-electron chi connectivity index (χ0n) is 16.6. The molecular formula is C19H20Cl2N6O3. The van der Waals surface area contributed by atoms with Crippen LogP contribution in [0.25, 0.3) is 0 Å². The number of nitrogens with zero attached hydrogens (tertiary/aromatic N) is 5. The molecule has 0 aliphatic heterocycles. The van der Waals surface area contributed by atoms with E-state index in [-0.39, 0.29) is 18.3 Å². The van der Waals surface area contributed by atoms with Crippen molar-refractivity contribution in [3.63, 3.8) is 0 Å². The van der Waals surface area contributed by atoms with Gasteiger partial charge in [0, 0.05) is 11.8 Å². The normalized spacial score (nSPS) is 12.0.